The molecule has 1 saturated carbocycles. The summed E-state index contributed by atoms with van der Waals surface area (Å²) in [5, 5.41) is 12.1. The van der Waals surface area contributed by atoms with Gasteiger partial charge in [-0.25, -0.2) is 4.79 Å². The van der Waals surface area contributed by atoms with E-state index in [0.29, 0.717) is 23.4 Å². The third-order valence-electron chi connectivity index (χ3n) is 3.39. The number of alkyl halides is 3. The van der Waals surface area contributed by atoms with Crippen molar-refractivity contribution in [3.8, 4) is 0 Å². The van der Waals surface area contributed by atoms with E-state index in [1.807, 2.05) is 0 Å². The molecule has 1 aliphatic rings. The molecule has 1 atom stereocenters. The third-order valence-corrected chi connectivity index (χ3v) is 3.65. The first-order chi connectivity index (χ1) is 9.25. The molecular weight excluding hydrogens is 295 g/mol. The highest BCUT2D eigenvalue weighted by molar-refractivity contribution is 6.30. The summed E-state index contributed by atoms with van der Waals surface area (Å²) < 4.78 is 37.3. The number of carboxylic acids is 1. The summed E-state index contributed by atoms with van der Waals surface area (Å²) in [6.45, 7) is -1.35. The molecule has 0 heterocycles. The van der Waals surface area contributed by atoms with Gasteiger partial charge in [0.2, 0.25) is 0 Å². The summed E-state index contributed by atoms with van der Waals surface area (Å²) in [5.41, 5.74) is -1.42. The fraction of sp³-hybridized carbons (Fsp3) is 0.462. The molecule has 2 rings (SSSR count). The van der Waals surface area contributed by atoms with Crippen LogP contribution < -0.4 is 5.32 Å². The molecule has 1 aliphatic carbocycles. The zero-order valence-corrected chi connectivity index (χ0v) is 11.1. The number of carboxylic acid groups (broad SMARTS) is 1. The van der Waals surface area contributed by atoms with Gasteiger partial charge in [-0.05, 0) is 36.5 Å². The fourth-order valence-corrected chi connectivity index (χ4v) is 2.45. The zero-order chi connectivity index (χ0) is 15.0. The second kappa shape index (κ2) is 5.26. The normalized spacial score (nSPS) is 18.6. The van der Waals surface area contributed by atoms with E-state index in [1.165, 1.54) is 24.3 Å². The SMILES string of the molecule is O=C(O)C(NCC(F)(F)F)(c1ccc(Cl)cc1)C1CC1. The van der Waals surface area contributed by atoms with Crippen molar-refractivity contribution in [2.24, 2.45) is 5.92 Å². The number of rotatable bonds is 5. The van der Waals surface area contributed by atoms with Crippen LogP contribution in [0.4, 0.5) is 13.2 Å². The van der Waals surface area contributed by atoms with E-state index in [2.05, 4.69) is 5.32 Å². The lowest BCUT2D eigenvalue weighted by Gasteiger charge is -2.32. The molecule has 7 heteroatoms. The van der Waals surface area contributed by atoms with Gasteiger partial charge >= 0.3 is 12.1 Å². The number of nitrogens with one attached hydrogen (secondary N) is 1. The Bertz CT molecular complexity index is 499. The first-order valence-corrected chi connectivity index (χ1v) is 6.45. The Morgan fingerprint density at radius 2 is 1.85 bits per heavy atom. The lowest BCUT2D eigenvalue weighted by molar-refractivity contribution is -0.152. The van der Waals surface area contributed by atoms with Crippen molar-refractivity contribution < 1.29 is 23.1 Å². The molecule has 1 aromatic carbocycles. The minimum atomic E-state index is -4.47. The molecule has 1 fully saturated rings. The highest BCUT2D eigenvalue weighted by Gasteiger charge is 2.53. The first-order valence-electron chi connectivity index (χ1n) is 6.07. The Kier molecular flexibility index (Phi) is 3.97. The van der Waals surface area contributed by atoms with Crippen LogP contribution in [0.1, 0.15) is 18.4 Å². The summed E-state index contributed by atoms with van der Waals surface area (Å²) in [4.78, 5) is 11.6. The maximum atomic E-state index is 12.4. The van der Waals surface area contributed by atoms with Gasteiger partial charge in [0, 0.05) is 5.02 Å². The second-order valence-electron chi connectivity index (χ2n) is 4.86. The predicted octanol–water partition coefficient (Wildman–Crippen LogP) is 3.18. The number of aliphatic carboxylic acids is 1. The Hall–Kier alpha value is -1.27. The zero-order valence-electron chi connectivity index (χ0n) is 10.4. The highest BCUT2D eigenvalue weighted by atomic mass is 35.5. The van der Waals surface area contributed by atoms with Gasteiger partial charge in [0.25, 0.3) is 0 Å². The van der Waals surface area contributed by atoms with Crippen molar-refractivity contribution in [2.75, 3.05) is 6.54 Å². The molecule has 2 N–H and O–H groups in total. The number of halogens is 4. The molecular formula is C13H13ClF3NO2. The van der Waals surface area contributed by atoms with E-state index >= 15 is 0 Å². The van der Waals surface area contributed by atoms with Crippen molar-refractivity contribution >= 4 is 17.6 Å². The van der Waals surface area contributed by atoms with Gasteiger partial charge in [0.15, 0.2) is 0 Å². The molecule has 0 bridgehead atoms. The van der Waals surface area contributed by atoms with Crippen LogP contribution in [0, 0.1) is 5.92 Å². The van der Waals surface area contributed by atoms with Crippen molar-refractivity contribution in [1.29, 1.82) is 0 Å². The average Bonchev–Trinajstić information content (AvgIpc) is 3.15. The quantitative estimate of drug-likeness (QED) is 0.878. The van der Waals surface area contributed by atoms with Crippen molar-refractivity contribution in [2.45, 2.75) is 24.6 Å². The molecule has 0 aliphatic heterocycles. The van der Waals surface area contributed by atoms with E-state index in [4.69, 9.17) is 11.6 Å². The van der Waals surface area contributed by atoms with E-state index in [-0.39, 0.29) is 5.92 Å². The van der Waals surface area contributed by atoms with Crippen LogP contribution in [0.5, 0.6) is 0 Å². The molecule has 1 unspecified atom stereocenters. The van der Waals surface area contributed by atoms with E-state index in [1.54, 1.807) is 0 Å². The molecule has 0 radical (unpaired) electrons. The standard InChI is InChI=1S/C13H13ClF3NO2/c14-10-5-3-9(4-6-10)13(11(19)20,8-1-2-8)18-7-12(15,16)17/h3-6,8,18H,1-2,7H2,(H,19,20). The Morgan fingerprint density at radius 3 is 2.25 bits per heavy atom. The molecule has 1 aromatic rings. The predicted molar refractivity (Wildman–Crippen MR) is 67.5 cm³/mol. The van der Waals surface area contributed by atoms with E-state index in [9.17, 15) is 23.1 Å². The van der Waals surface area contributed by atoms with Gasteiger partial charge in [-0.1, -0.05) is 23.7 Å². The minimum Gasteiger partial charge on any atom is -0.480 e. The van der Waals surface area contributed by atoms with Gasteiger partial charge in [0.05, 0.1) is 6.54 Å². The Balaban J connectivity index is 2.37. The van der Waals surface area contributed by atoms with Crippen molar-refractivity contribution in [3.63, 3.8) is 0 Å². The van der Waals surface area contributed by atoms with E-state index < -0.39 is 24.2 Å². The lowest BCUT2D eigenvalue weighted by Crippen LogP contribution is -2.53. The van der Waals surface area contributed by atoms with Gasteiger partial charge in [0.1, 0.15) is 5.54 Å². The summed E-state index contributed by atoms with van der Waals surface area (Å²) in [6, 6.07) is 5.87. The van der Waals surface area contributed by atoms with Gasteiger partial charge in [-0.2, -0.15) is 13.2 Å². The fourth-order valence-electron chi connectivity index (χ4n) is 2.32. The molecule has 0 aromatic heterocycles. The van der Waals surface area contributed by atoms with Crippen molar-refractivity contribution in [1.82, 2.24) is 5.32 Å². The number of carbonyl (C=O) groups is 1. The first kappa shape index (κ1) is 15.1. The molecule has 3 nitrogen and oxygen atoms in total. The van der Waals surface area contributed by atoms with Crippen LogP contribution in [0.15, 0.2) is 24.3 Å². The largest absolute Gasteiger partial charge is 0.480 e. The van der Waals surface area contributed by atoms with Crippen LogP contribution in [-0.2, 0) is 10.3 Å². The van der Waals surface area contributed by atoms with E-state index in [0.717, 1.165) is 0 Å². The van der Waals surface area contributed by atoms with Gasteiger partial charge in [-0.3, -0.25) is 5.32 Å². The maximum Gasteiger partial charge on any atom is 0.401 e. The van der Waals surface area contributed by atoms with Crippen LogP contribution in [0.3, 0.4) is 0 Å². The summed E-state index contributed by atoms with van der Waals surface area (Å²) >= 11 is 5.74. The second-order valence-corrected chi connectivity index (χ2v) is 5.30. The molecule has 0 amide bonds. The molecule has 110 valence electrons. The minimum absolute atomic E-state index is 0.293. The van der Waals surface area contributed by atoms with Crippen LogP contribution in [-0.4, -0.2) is 23.8 Å². The number of benzene rings is 1. The Labute approximate surface area is 118 Å². The van der Waals surface area contributed by atoms with Gasteiger partial charge in [-0.15, -0.1) is 0 Å². The van der Waals surface area contributed by atoms with Gasteiger partial charge < -0.3 is 5.11 Å². The summed E-state index contributed by atoms with van der Waals surface area (Å²) in [5.74, 6) is -1.64. The van der Waals surface area contributed by atoms with Crippen LogP contribution in [0.25, 0.3) is 0 Å². The average molecular weight is 308 g/mol. The molecule has 0 spiro atoms. The highest BCUT2D eigenvalue weighted by Crippen LogP contribution is 2.46. The smallest absolute Gasteiger partial charge is 0.401 e. The number of hydrogen-bond acceptors (Lipinski definition) is 2. The topological polar surface area (TPSA) is 49.3 Å². The summed E-state index contributed by atoms with van der Waals surface area (Å²) in [7, 11) is 0. The third kappa shape index (κ3) is 3.07. The maximum absolute atomic E-state index is 12.4. The van der Waals surface area contributed by atoms with Crippen molar-refractivity contribution in [3.05, 3.63) is 34.9 Å². The van der Waals surface area contributed by atoms with Crippen LogP contribution >= 0.6 is 11.6 Å². The number of hydrogen-bond donors (Lipinski definition) is 2. The molecule has 20 heavy (non-hydrogen) atoms. The van der Waals surface area contributed by atoms with Crippen LogP contribution in [0.2, 0.25) is 5.02 Å². The molecule has 0 saturated heterocycles. The summed E-state index contributed by atoms with van der Waals surface area (Å²) in [6.07, 6.45) is -3.30. The Morgan fingerprint density at radius 1 is 1.30 bits per heavy atom. The lowest BCUT2D eigenvalue weighted by atomic mass is 9.84. The monoisotopic (exact) mass is 307 g/mol.